The molecule has 0 unspecified atom stereocenters. The first-order valence-electron chi connectivity index (χ1n) is 7.18. The van der Waals surface area contributed by atoms with Crippen LogP contribution in [0.3, 0.4) is 0 Å². The van der Waals surface area contributed by atoms with Crippen molar-refractivity contribution in [3.05, 3.63) is 12.2 Å². The van der Waals surface area contributed by atoms with Gasteiger partial charge in [-0.05, 0) is 37.0 Å². The molecule has 1 spiro atoms. The summed E-state index contributed by atoms with van der Waals surface area (Å²) in [6.45, 7) is 6.81. The lowest BCUT2D eigenvalue weighted by atomic mass is 9.53. The Labute approximate surface area is 112 Å². The maximum absolute atomic E-state index is 11.7. The largest absolute Gasteiger partial charge is 0.458 e. The Morgan fingerprint density at radius 2 is 2.21 bits per heavy atom. The van der Waals surface area contributed by atoms with Crippen molar-refractivity contribution in [1.82, 2.24) is 0 Å². The number of hydrogen-bond acceptors (Lipinski definition) is 4. The minimum absolute atomic E-state index is 0.00714. The van der Waals surface area contributed by atoms with Gasteiger partial charge in [0.25, 0.3) is 0 Å². The smallest absolute Gasteiger partial charge is 0.334 e. The lowest BCUT2D eigenvalue weighted by Gasteiger charge is -2.52. The molecule has 0 aromatic carbocycles. The Bertz CT molecular complexity index is 467. The van der Waals surface area contributed by atoms with Crippen LogP contribution in [-0.2, 0) is 14.3 Å². The average molecular weight is 264 g/mol. The topological polar surface area (TPSA) is 59.1 Å². The van der Waals surface area contributed by atoms with Gasteiger partial charge in [0.05, 0.1) is 12.7 Å². The molecule has 4 nitrogen and oxygen atoms in total. The van der Waals surface area contributed by atoms with Gasteiger partial charge in [0.1, 0.15) is 11.7 Å². The van der Waals surface area contributed by atoms with Crippen LogP contribution in [0.1, 0.15) is 32.6 Å². The molecule has 4 aliphatic rings. The molecule has 0 bridgehead atoms. The maximum atomic E-state index is 11.7. The molecule has 104 valence electrons. The lowest BCUT2D eigenvalue weighted by Crippen LogP contribution is -2.55. The second-order valence-corrected chi connectivity index (χ2v) is 7.02. The standard InChI is InChI=1S/C15H20O4/c1-8-9-5-11-14(2,6-10(9)19-13(8)17)4-3-12(16)15(11)7-18-15/h9-12,16H,1,3-7H2,2H3/t9-,10-,11-,12-,14-,15+/m1/s1. The highest BCUT2D eigenvalue weighted by Crippen LogP contribution is 2.62. The van der Waals surface area contributed by atoms with Crippen LogP contribution in [0, 0.1) is 17.3 Å². The second kappa shape index (κ2) is 3.41. The number of carbonyl (C=O) groups is 1. The number of aliphatic hydroxyl groups is 1. The summed E-state index contributed by atoms with van der Waals surface area (Å²) in [5.41, 5.74) is 0.383. The van der Waals surface area contributed by atoms with Gasteiger partial charge >= 0.3 is 5.97 Å². The molecule has 0 aromatic rings. The summed E-state index contributed by atoms with van der Waals surface area (Å²) < 4.78 is 11.2. The summed E-state index contributed by atoms with van der Waals surface area (Å²) in [7, 11) is 0. The predicted molar refractivity (Wildman–Crippen MR) is 67.3 cm³/mol. The molecule has 2 aliphatic carbocycles. The number of rotatable bonds is 0. The zero-order valence-electron chi connectivity index (χ0n) is 11.2. The van der Waals surface area contributed by atoms with Gasteiger partial charge in [-0.2, -0.15) is 0 Å². The number of aliphatic hydroxyl groups excluding tert-OH is 1. The third kappa shape index (κ3) is 1.39. The van der Waals surface area contributed by atoms with Crippen molar-refractivity contribution in [2.24, 2.45) is 17.3 Å². The minimum Gasteiger partial charge on any atom is -0.458 e. The average Bonchev–Trinajstić information content (AvgIpc) is 3.10. The van der Waals surface area contributed by atoms with Crippen LogP contribution in [0.25, 0.3) is 0 Å². The first kappa shape index (κ1) is 11.9. The molecule has 0 radical (unpaired) electrons. The summed E-state index contributed by atoms with van der Waals surface area (Å²) in [6, 6.07) is 0. The molecule has 1 N–H and O–H groups in total. The van der Waals surface area contributed by atoms with Crippen molar-refractivity contribution in [3.8, 4) is 0 Å². The van der Waals surface area contributed by atoms with E-state index in [0.717, 1.165) is 25.7 Å². The van der Waals surface area contributed by atoms with E-state index in [0.29, 0.717) is 18.1 Å². The van der Waals surface area contributed by atoms with E-state index in [2.05, 4.69) is 13.5 Å². The van der Waals surface area contributed by atoms with Crippen molar-refractivity contribution in [3.63, 3.8) is 0 Å². The van der Waals surface area contributed by atoms with E-state index >= 15 is 0 Å². The molecule has 2 aliphatic heterocycles. The molecule has 0 amide bonds. The van der Waals surface area contributed by atoms with Crippen molar-refractivity contribution in [2.45, 2.75) is 50.4 Å². The highest BCUT2D eigenvalue weighted by atomic mass is 16.6. The third-order valence-corrected chi connectivity index (χ3v) is 6.04. The number of epoxide rings is 1. The van der Waals surface area contributed by atoms with Crippen LogP contribution in [-0.4, -0.2) is 35.5 Å². The highest BCUT2D eigenvalue weighted by molar-refractivity contribution is 5.90. The predicted octanol–water partition coefficient (Wildman–Crippen LogP) is 1.42. The van der Waals surface area contributed by atoms with Crippen LogP contribution in [0.4, 0.5) is 0 Å². The molecular weight excluding hydrogens is 244 g/mol. The molecule has 6 atom stereocenters. The van der Waals surface area contributed by atoms with E-state index < -0.39 is 0 Å². The molecule has 19 heavy (non-hydrogen) atoms. The van der Waals surface area contributed by atoms with E-state index in [9.17, 15) is 9.90 Å². The maximum Gasteiger partial charge on any atom is 0.334 e. The SMILES string of the molecule is C=C1C(=O)O[C@@H]2C[C@@]3(C)CC[C@@H](O)[C@]4(CO4)[C@@H]3C[C@H]12. The van der Waals surface area contributed by atoms with Crippen molar-refractivity contribution in [2.75, 3.05) is 6.61 Å². The van der Waals surface area contributed by atoms with Crippen molar-refractivity contribution < 1.29 is 19.4 Å². The third-order valence-electron chi connectivity index (χ3n) is 6.04. The second-order valence-electron chi connectivity index (χ2n) is 7.02. The van der Waals surface area contributed by atoms with E-state index in [4.69, 9.17) is 9.47 Å². The summed E-state index contributed by atoms with van der Waals surface area (Å²) in [6.07, 6.45) is 3.16. The zero-order valence-corrected chi connectivity index (χ0v) is 11.2. The van der Waals surface area contributed by atoms with Crippen LogP contribution >= 0.6 is 0 Å². The van der Waals surface area contributed by atoms with E-state index in [1.807, 2.05) is 0 Å². The number of esters is 1. The lowest BCUT2D eigenvalue weighted by molar-refractivity contribution is -0.147. The van der Waals surface area contributed by atoms with Crippen molar-refractivity contribution in [1.29, 1.82) is 0 Å². The highest BCUT2D eigenvalue weighted by Gasteiger charge is 2.67. The molecule has 4 rings (SSSR count). The number of carbonyl (C=O) groups excluding carboxylic acids is 1. The van der Waals surface area contributed by atoms with Crippen molar-refractivity contribution >= 4 is 5.97 Å². The first-order valence-corrected chi connectivity index (χ1v) is 7.18. The van der Waals surface area contributed by atoms with Gasteiger partial charge in [0.15, 0.2) is 0 Å². The number of fused-ring (bicyclic) bond motifs is 3. The molecule has 0 aromatic heterocycles. The Morgan fingerprint density at radius 3 is 2.89 bits per heavy atom. The fraction of sp³-hybridized carbons (Fsp3) is 0.800. The summed E-state index contributed by atoms with van der Waals surface area (Å²) in [4.78, 5) is 11.7. The normalized spacial score (nSPS) is 55.7. The number of ether oxygens (including phenoxy) is 2. The monoisotopic (exact) mass is 264 g/mol. The van der Waals surface area contributed by atoms with Gasteiger partial charge in [-0.15, -0.1) is 0 Å². The van der Waals surface area contributed by atoms with Gasteiger partial charge in [0, 0.05) is 11.5 Å². The fourth-order valence-corrected chi connectivity index (χ4v) is 4.77. The zero-order chi connectivity index (χ0) is 13.4. The molecule has 2 heterocycles. The van der Waals surface area contributed by atoms with Gasteiger partial charge < -0.3 is 14.6 Å². The van der Waals surface area contributed by atoms with E-state index in [1.165, 1.54) is 0 Å². The van der Waals surface area contributed by atoms with Gasteiger partial charge in [-0.1, -0.05) is 13.5 Å². The number of hydrogen-bond donors (Lipinski definition) is 1. The molecular formula is C15H20O4. The Hall–Kier alpha value is -0.870. The summed E-state index contributed by atoms with van der Waals surface area (Å²) >= 11 is 0. The molecule has 4 fully saturated rings. The Kier molecular flexibility index (Phi) is 2.14. The Balaban J connectivity index is 1.69. The molecule has 2 saturated heterocycles. The quantitative estimate of drug-likeness (QED) is 0.408. The van der Waals surface area contributed by atoms with Gasteiger partial charge in [-0.3, -0.25) is 0 Å². The van der Waals surface area contributed by atoms with Crippen LogP contribution in [0.15, 0.2) is 12.2 Å². The summed E-state index contributed by atoms with van der Waals surface area (Å²) in [5, 5.41) is 10.3. The van der Waals surface area contributed by atoms with Gasteiger partial charge in [0.2, 0.25) is 0 Å². The summed E-state index contributed by atoms with van der Waals surface area (Å²) in [5.74, 6) is 0.205. The molecule has 4 heteroatoms. The minimum atomic E-state index is -0.353. The van der Waals surface area contributed by atoms with E-state index in [1.54, 1.807) is 0 Å². The van der Waals surface area contributed by atoms with Gasteiger partial charge in [-0.25, -0.2) is 4.79 Å². The van der Waals surface area contributed by atoms with E-state index in [-0.39, 0.29) is 35.1 Å². The Morgan fingerprint density at radius 1 is 1.47 bits per heavy atom. The fourth-order valence-electron chi connectivity index (χ4n) is 4.77. The molecule has 2 saturated carbocycles. The van der Waals surface area contributed by atoms with Crippen LogP contribution in [0.5, 0.6) is 0 Å². The van der Waals surface area contributed by atoms with Crippen LogP contribution in [0.2, 0.25) is 0 Å². The first-order chi connectivity index (χ1) is 8.96. The van der Waals surface area contributed by atoms with Crippen LogP contribution < -0.4 is 0 Å².